The Bertz CT molecular complexity index is 1680. The first kappa shape index (κ1) is 29.4. The molecule has 2 aromatic carbocycles. The van der Waals surface area contributed by atoms with Crippen LogP contribution in [0.4, 0.5) is 0 Å². The van der Waals surface area contributed by atoms with Crippen molar-refractivity contribution in [3.8, 4) is 11.5 Å². The van der Waals surface area contributed by atoms with Gasteiger partial charge < -0.3 is 18.9 Å². The van der Waals surface area contributed by atoms with Crippen molar-refractivity contribution in [3.63, 3.8) is 0 Å². The fourth-order valence-corrected chi connectivity index (χ4v) is 5.66. The van der Waals surface area contributed by atoms with Crippen molar-refractivity contribution in [1.29, 1.82) is 0 Å². The smallest absolute Gasteiger partial charge is 0.344 e. The first-order chi connectivity index (χ1) is 19.2. The van der Waals surface area contributed by atoms with Crippen LogP contribution >= 0.6 is 34.5 Å². The molecule has 4 rings (SSSR count). The number of aromatic nitrogens is 1. The number of ether oxygens (including phenoxy) is 4. The number of esters is 2. The van der Waals surface area contributed by atoms with Gasteiger partial charge in [0.2, 0.25) is 0 Å². The number of carbonyl (C=O) groups excluding carboxylic acids is 2. The predicted molar refractivity (Wildman–Crippen MR) is 152 cm³/mol. The van der Waals surface area contributed by atoms with Crippen LogP contribution in [0.25, 0.3) is 6.08 Å². The lowest BCUT2D eigenvalue weighted by atomic mass is 9.96. The first-order valence-corrected chi connectivity index (χ1v) is 13.9. The monoisotopic (exact) mass is 604 g/mol. The third-order valence-electron chi connectivity index (χ3n) is 5.93. The van der Waals surface area contributed by atoms with Crippen molar-refractivity contribution >= 4 is 52.6 Å². The molecule has 0 amide bonds. The predicted octanol–water partition coefficient (Wildman–Crippen LogP) is 4.06. The van der Waals surface area contributed by atoms with Gasteiger partial charge in [0, 0.05) is 5.56 Å². The molecule has 1 aliphatic rings. The van der Waals surface area contributed by atoms with Crippen LogP contribution in [0.5, 0.6) is 11.5 Å². The standard InChI is InChI=1S/C28H26Cl2N2O7S/c1-5-37-22(33)14-39-19-11-10-16(12-20(19)36-4)13-21-26(34)32-25(17-8-7-9-18(29)24(17)30)23(27(35)38-6-2)15(3)31-28(32)40-21/h7-13,25H,5-6,14H2,1-4H3/b21-13-/t25-/m0/s1. The van der Waals surface area contributed by atoms with E-state index in [2.05, 4.69) is 4.99 Å². The molecule has 1 atom stereocenters. The minimum Gasteiger partial charge on any atom is -0.493 e. The second-order valence-electron chi connectivity index (χ2n) is 8.45. The molecule has 3 aromatic rings. The lowest BCUT2D eigenvalue weighted by Crippen LogP contribution is -2.40. The molecule has 0 spiro atoms. The van der Waals surface area contributed by atoms with Gasteiger partial charge in [0.05, 0.1) is 46.2 Å². The Labute approximate surface area is 243 Å². The Morgan fingerprint density at radius 2 is 1.85 bits per heavy atom. The molecule has 0 aliphatic carbocycles. The molecule has 0 N–H and O–H groups in total. The summed E-state index contributed by atoms with van der Waals surface area (Å²) in [5, 5.41) is 0.514. The molecule has 0 saturated carbocycles. The molecule has 0 bridgehead atoms. The van der Waals surface area contributed by atoms with Crippen molar-refractivity contribution in [2.45, 2.75) is 26.8 Å². The molecule has 1 aromatic heterocycles. The van der Waals surface area contributed by atoms with Gasteiger partial charge in [-0.05, 0) is 50.6 Å². The highest BCUT2D eigenvalue weighted by atomic mass is 35.5. The van der Waals surface area contributed by atoms with E-state index < -0.39 is 18.0 Å². The number of benzene rings is 2. The van der Waals surface area contributed by atoms with E-state index in [1.54, 1.807) is 63.2 Å². The largest absolute Gasteiger partial charge is 0.493 e. The molecule has 0 fully saturated rings. The number of allylic oxidation sites excluding steroid dienone is 1. The zero-order valence-corrected chi connectivity index (χ0v) is 24.5. The van der Waals surface area contributed by atoms with Crippen molar-refractivity contribution < 1.29 is 28.5 Å². The van der Waals surface area contributed by atoms with Gasteiger partial charge in [0.25, 0.3) is 5.56 Å². The molecule has 0 radical (unpaired) electrons. The van der Waals surface area contributed by atoms with E-state index in [-0.39, 0.29) is 41.0 Å². The van der Waals surface area contributed by atoms with E-state index in [1.807, 2.05) is 0 Å². The first-order valence-electron chi connectivity index (χ1n) is 12.3. The highest BCUT2D eigenvalue weighted by Crippen LogP contribution is 2.37. The molecule has 1 aliphatic heterocycles. The summed E-state index contributed by atoms with van der Waals surface area (Å²) in [6, 6.07) is 9.20. The molecule has 0 unspecified atom stereocenters. The third kappa shape index (κ3) is 5.94. The highest BCUT2D eigenvalue weighted by molar-refractivity contribution is 7.07. The van der Waals surface area contributed by atoms with Gasteiger partial charge in [-0.3, -0.25) is 9.36 Å². The summed E-state index contributed by atoms with van der Waals surface area (Å²) in [7, 11) is 1.47. The second-order valence-corrected chi connectivity index (χ2v) is 10.2. The maximum Gasteiger partial charge on any atom is 0.344 e. The molecular weight excluding hydrogens is 579 g/mol. The highest BCUT2D eigenvalue weighted by Gasteiger charge is 2.34. The van der Waals surface area contributed by atoms with Gasteiger partial charge in [0.1, 0.15) is 6.04 Å². The zero-order chi connectivity index (χ0) is 29.0. The van der Waals surface area contributed by atoms with E-state index in [9.17, 15) is 14.4 Å². The lowest BCUT2D eigenvalue weighted by Gasteiger charge is -2.25. The van der Waals surface area contributed by atoms with Gasteiger partial charge in [-0.25, -0.2) is 14.6 Å². The summed E-state index contributed by atoms with van der Waals surface area (Å²) in [6.07, 6.45) is 1.68. The molecule has 9 nitrogen and oxygen atoms in total. The zero-order valence-electron chi connectivity index (χ0n) is 22.2. The van der Waals surface area contributed by atoms with Crippen molar-refractivity contribution in [1.82, 2.24) is 4.57 Å². The number of methoxy groups -OCH3 is 1. The van der Waals surface area contributed by atoms with Crippen LogP contribution in [0.3, 0.4) is 0 Å². The third-order valence-corrected chi connectivity index (χ3v) is 7.75. The van der Waals surface area contributed by atoms with Crippen molar-refractivity contribution in [3.05, 3.63) is 88.5 Å². The number of carbonyl (C=O) groups is 2. The topological polar surface area (TPSA) is 105 Å². The number of rotatable bonds is 9. The number of thiazole rings is 1. The number of hydrogen-bond acceptors (Lipinski definition) is 9. The number of halogens is 2. The van der Waals surface area contributed by atoms with Gasteiger partial charge in [-0.2, -0.15) is 0 Å². The minimum absolute atomic E-state index is 0.150. The summed E-state index contributed by atoms with van der Waals surface area (Å²) in [5.41, 5.74) is 1.36. The van der Waals surface area contributed by atoms with Gasteiger partial charge in [0.15, 0.2) is 22.9 Å². The average Bonchev–Trinajstić information content (AvgIpc) is 3.23. The van der Waals surface area contributed by atoms with E-state index in [0.29, 0.717) is 37.7 Å². The fraction of sp³-hybridized carbons (Fsp3) is 0.286. The van der Waals surface area contributed by atoms with Crippen LogP contribution in [-0.2, 0) is 19.1 Å². The van der Waals surface area contributed by atoms with E-state index in [4.69, 9.17) is 42.1 Å². The number of nitrogens with zero attached hydrogens (tertiary/aromatic N) is 2. The Morgan fingerprint density at radius 1 is 1.10 bits per heavy atom. The van der Waals surface area contributed by atoms with Gasteiger partial charge in [-0.1, -0.05) is 52.7 Å². The molecule has 40 heavy (non-hydrogen) atoms. The Morgan fingerprint density at radius 3 is 2.55 bits per heavy atom. The van der Waals surface area contributed by atoms with Crippen LogP contribution < -0.4 is 24.4 Å². The van der Waals surface area contributed by atoms with E-state index >= 15 is 0 Å². The summed E-state index contributed by atoms with van der Waals surface area (Å²) < 4.78 is 22.9. The van der Waals surface area contributed by atoms with E-state index in [1.165, 1.54) is 23.0 Å². The van der Waals surface area contributed by atoms with Crippen LogP contribution in [0.2, 0.25) is 10.0 Å². The number of hydrogen-bond donors (Lipinski definition) is 0. The van der Waals surface area contributed by atoms with Crippen molar-refractivity contribution in [2.75, 3.05) is 26.9 Å². The lowest BCUT2D eigenvalue weighted by molar-refractivity contribution is -0.145. The van der Waals surface area contributed by atoms with Crippen LogP contribution in [-0.4, -0.2) is 43.4 Å². The van der Waals surface area contributed by atoms with E-state index in [0.717, 1.165) is 0 Å². The molecular formula is C28H26Cl2N2O7S. The van der Waals surface area contributed by atoms with Crippen molar-refractivity contribution in [2.24, 2.45) is 4.99 Å². The number of fused-ring (bicyclic) bond motifs is 1. The van der Waals surface area contributed by atoms with Crippen LogP contribution in [0.1, 0.15) is 37.9 Å². The second kappa shape index (κ2) is 12.7. The summed E-state index contributed by atoms with van der Waals surface area (Å²) in [5.74, 6) is -0.377. The maximum absolute atomic E-state index is 13.8. The van der Waals surface area contributed by atoms with Gasteiger partial charge >= 0.3 is 11.9 Å². The summed E-state index contributed by atoms with van der Waals surface area (Å²) >= 11 is 14.0. The quantitative estimate of drug-likeness (QED) is 0.339. The van der Waals surface area contributed by atoms with Crippen LogP contribution in [0.15, 0.2) is 57.5 Å². The van der Waals surface area contributed by atoms with Crippen LogP contribution in [0, 0.1) is 0 Å². The normalized spacial score (nSPS) is 14.8. The fourth-order valence-electron chi connectivity index (χ4n) is 4.20. The summed E-state index contributed by atoms with van der Waals surface area (Å²) in [6.45, 7) is 5.23. The van der Waals surface area contributed by atoms with Gasteiger partial charge in [-0.15, -0.1) is 0 Å². The maximum atomic E-state index is 13.8. The Hall–Kier alpha value is -3.60. The summed E-state index contributed by atoms with van der Waals surface area (Å²) in [4.78, 5) is 43.5. The molecule has 0 saturated heterocycles. The average molecular weight is 605 g/mol. The SMILES string of the molecule is CCOC(=O)COc1ccc(/C=c2\sc3n(c2=O)[C@@H](c2cccc(Cl)c2Cl)C(C(=O)OCC)=C(C)N=3)cc1OC. The Balaban J connectivity index is 1.82. The molecule has 12 heteroatoms. The molecule has 2 heterocycles. The Kier molecular flexibility index (Phi) is 9.34. The molecule has 210 valence electrons. The minimum atomic E-state index is -0.892.